The van der Waals surface area contributed by atoms with Gasteiger partial charge in [-0.25, -0.2) is 8.78 Å². The molecule has 0 unspecified atom stereocenters. The predicted molar refractivity (Wildman–Crippen MR) is 100 cm³/mol. The molecule has 140 valence electrons. The summed E-state index contributed by atoms with van der Waals surface area (Å²) in [6, 6.07) is 8.47. The van der Waals surface area contributed by atoms with Gasteiger partial charge in [0.15, 0.2) is 4.80 Å². The third-order valence-electron chi connectivity index (χ3n) is 3.61. The van der Waals surface area contributed by atoms with E-state index in [0.717, 1.165) is 32.6 Å². The Morgan fingerprint density at radius 3 is 2.59 bits per heavy atom. The first-order chi connectivity index (χ1) is 12.9. The minimum absolute atomic E-state index is 0.142. The molecule has 5 nitrogen and oxygen atoms in total. The summed E-state index contributed by atoms with van der Waals surface area (Å²) in [5.74, 6) is -3.56. The molecule has 0 N–H and O–H groups in total. The molecule has 3 aromatic rings. The number of fused-ring (bicyclic) bond motifs is 1. The van der Waals surface area contributed by atoms with Crippen molar-refractivity contribution in [1.82, 2.24) is 4.57 Å². The minimum atomic E-state index is -1.06. The molecular formula is C18H13BrF2N2O3S. The van der Waals surface area contributed by atoms with Crippen LogP contribution in [0.25, 0.3) is 10.2 Å². The average molecular weight is 455 g/mol. The molecule has 0 saturated carbocycles. The highest BCUT2D eigenvalue weighted by Gasteiger charge is 2.18. The maximum atomic E-state index is 13.9. The molecule has 0 saturated heterocycles. The van der Waals surface area contributed by atoms with E-state index in [1.165, 1.54) is 10.6 Å². The highest BCUT2D eigenvalue weighted by atomic mass is 79.9. The SMILES string of the molecule is CCOC(=O)Cn1c(=NC(=O)c2c(F)cccc2F)sc2cc(Br)ccc21. The number of rotatable bonds is 4. The highest BCUT2D eigenvalue weighted by Crippen LogP contribution is 2.22. The van der Waals surface area contributed by atoms with Gasteiger partial charge in [-0.3, -0.25) is 9.59 Å². The van der Waals surface area contributed by atoms with E-state index in [2.05, 4.69) is 20.9 Å². The molecule has 0 atom stereocenters. The fourth-order valence-corrected chi connectivity index (χ4v) is 4.05. The van der Waals surface area contributed by atoms with Crippen LogP contribution in [0.3, 0.4) is 0 Å². The van der Waals surface area contributed by atoms with Crippen LogP contribution < -0.4 is 4.80 Å². The van der Waals surface area contributed by atoms with E-state index in [4.69, 9.17) is 4.74 Å². The molecular weight excluding hydrogens is 442 g/mol. The topological polar surface area (TPSA) is 60.7 Å². The molecule has 27 heavy (non-hydrogen) atoms. The number of aromatic nitrogens is 1. The molecule has 0 bridgehead atoms. The molecule has 1 aromatic heterocycles. The van der Waals surface area contributed by atoms with E-state index in [9.17, 15) is 18.4 Å². The first kappa shape index (κ1) is 19.4. The summed E-state index contributed by atoms with van der Waals surface area (Å²) in [5.41, 5.74) is -0.0874. The van der Waals surface area contributed by atoms with Crippen LogP contribution in [0.1, 0.15) is 17.3 Å². The van der Waals surface area contributed by atoms with Gasteiger partial charge in [0.05, 0.1) is 16.8 Å². The maximum absolute atomic E-state index is 13.9. The van der Waals surface area contributed by atoms with Crippen molar-refractivity contribution in [2.75, 3.05) is 6.61 Å². The Bertz CT molecular complexity index is 1090. The fourth-order valence-electron chi connectivity index (χ4n) is 2.47. The molecule has 0 fully saturated rings. The predicted octanol–water partition coefficient (Wildman–Crippen LogP) is 4.05. The molecule has 9 heteroatoms. The molecule has 0 aliphatic rings. The van der Waals surface area contributed by atoms with Gasteiger partial charge in [-0.1, -0.05) is 33.3 Å². The van der Waals surface area contributed by atoms with Crippen molar-refractivity contribution < 1.29 is 23.1 Å². The van der Waals surface area contributed by atoms with Crippen molar-refractivity contribution in [3.8, 4) is 0 Å². The number of hydrogen-bond donors (Lipinski definition) is 0. The van der Waals surface area contributed by atoms with E-state index in [0.29, 0.717) is 5.52 Å². The van der Waals surface area contributed by atoms with Gasteiger partial charge in [-0.15, -0.1) is 0 Å². The summed E-state index contributed by atoms with van der Waals surface area (Å²) < 4.78 is 35.7. The zero-order valence-electron chi connectivity index (χ0n) is 14.0. The smallest absolute Gasteiger partial charge is 0.326 e. The van der Waals surface area contributed by atoms with Gasteiger partial charge in [0.1, 0.15) is 23.7 Å². The normalized spacial score (nSPS) is 11.8. The molecule has 2 aromatic carbocycles. The van der Waals surface area contributed by atoms with Gasteiger partial charge >= 0.3 is 5.97 Å². The van der Waals surface area contributed by atoms with Crippen LogP contribution in [-0.4, -0.2) is 23.1 Å². The quantitative estimate of drug-likeness (QED) is 0.558. The summed E-state index contributed by atoms with van der Waals surface area (Å²) in [4.78, 5) is 28.3. The van der Waals surface area contributed by atoms with Crippen molar-refractivity contribution >= 4 is 49.4 Å². The Morgan fingerprint density at radius 2 is 1.93 bits per heavy atom. The van der Waals surface area contributed by atoms with E-state index in [-0.39, 0.29) is 18.0 Å². The summed E-state index contributed by atoms with van der Waals surface area (Å²) in [6.45, 7) is 1.71. The van der Waals surface area contributed by atoms with Gasteiger partial charge in [0, 0.05) is 4.47 Å². The van der Waals surface area contributed by atoms with Gasteiger partial charge in [0.25, 0.3) is 5.91 Å². The van der Waals surface area contributed by atoms with Crippen molar-refractivity contribution in [2.24, 2.45) is 4.99 Å². The largest absolute Gasteiger partial charge is 0.465 e. The molecule has 1 heterocycles. The van der Waals surface area contributed by atoms with Gasteiger partial charge in [-0.2, -0.15) is 4.99 Å². The lowest BCUT2D eigenvalue weighted by atomic mass is 10.2. The summed E-state index contributed by atoms with van der Waals surface area (Å²) in [6.07, 6.45) is 0. The number of hydrogen-bond acceptors (Lipinski definition) is 4. The average Bonchev–Trinajstić information content (AvgIpc) is 2.91. The molecule has 0 aliphatic carbocycles. The first-order valence-corrected chi connectivity index (χ1v) is 9.49. The minimum Gasteiger partial charge on any atom is -0.465 e. The second kappa shape index (κ2) is 8.10. The third-order valence-corrected chi connectivity index (χ3v) is 5.15. The highest BCUT2D eigenvalue weighted by molar-refractivity contribution is 9.10. The number of halogens is 3. The molecule has 1 amide bonds. The number of benzene rings is 2. The summed E-state index contributed by atoms with van der Waals surface area (Å²) >= 11 is 4.48. The van der Waals surface area contributed by atoms with Crippen molar-refractivity contribution in [3.63, 3.8) is 0 Å². The van der Waals surface area contributed by atoms with Crippen LogP contribution in [0.4, 0.5) is 8.78 Å². The van der Waals surface area contributed by atoms with Gasteiger partial charge in [-0.05, 0) is 37.3 Å². The van der Waals surface area contributed by atoms with Gasteiger partial charge < -0.3 is 9.30 Å². The lowest BCUT2D eigenvalue weighted by Crippen LogP contribution is -2.23. The second-order valence-electron chi connectivity index (χ2n) is 5.40. The Kier molecular flexibility index (Phi) is 5.81. The number of amides is 1. The zero-order valence-corrected chi connectivity index (χ0v) is 16.4. The van der Waals surface area contributed by atoms with Crippen LogP contribution >= 0.6 is 27.3 Å². The number of nitrogens with zero attached hydrogens (tertiary/aromatic N) is 2. The Labute approximate surface area is 165 Å². The second-order valence-corrected chi connectivity index (χ2v) is 7.33. The van der Waals surface area contributed by atoms with Crippen molar-refractivity contribution in [1.29, 1.82) is 0 Å². The van der Waals surface area contributed by atoms with Crippen LogP contribution in [-0.2, 0) is 16.1 Å². The summed E-state index contributed by atoms with van der Waals surface area (Å²) in [5, 5.41) is 0. The third kappa shape index (κ3) is 4.14. The fraction of sp³-hybridized carbons (Fsp3) is 0.167. The zero-order chi connectivity index (χ0) is 19.6. The van der Waals surface area contributed by atoms with Crippen LogP contribution in [0.2, 0.25) is 0 Å². The Balaban J connectivity index is 2.16. The van der Waals surface area contributed by atoms with Crippen LogP contribution in [0.15, 0.2) is 45.9 Å². The van der Waals surface area contributed by atoms with Crippen LogP contribution in [0.5, 0.6) is 0 Å². The van der Waals surface area contributed by atoms with E-state index in [1.54, 1.807) is 25.1 Å². The number of carbonyl (C=O) groups is 2. The first-order valence-electron chi connectivity index (χ1n) is 7.88. The number of carbonyl (C=O) groups excluding carboxylic acids is 2. The van der Waals surface area contributed by atoms with E-state index < -0.39 is 29.1 Å². The van der Waals surface area contributed by atoms with Crippen LogP contribution in [0, 0.1) is 11.6 Å². The Hall–Kier alpha value is -2.39. The van der Waals surface area contributed by atoms with Crippen molar-refractivity contribution in [3.05, 3.63) is 62.9 Å². The summed E-state index contributed by atoms with van der Waals surface area (Å²) in [7, 11) is 0. The van der Waals surface area contributed by atoms with Crippen molar-refractivity contribution in [2.45, 2.75) is 13.5 Å². The van der Waals surface area contributed by atoms with E-state index in [1.807, 2.05) is 0 Å². The molecule has 0 radical (unpaired) electrons. The van der Waals surface area contributed by atoms with E-state index >= 15 is 0 Å². The molecule has 0 spiro atoms. The number of thiazole rings is 1. The number of esters is 1. The lowest BCUT2D eigenvalue weighted by Gasteiger charge is -2.05. The number of ether oxygens (including phenoxy) is 1. The standard InChI is InChI=1S/C18H13BrF2N2O3S/c1-2-26-15(24)9-23-13-7-6-10(19)8-14(13)27-18(23)22-17(25)16-11(20)4-3-5-12(16)21/h3-8H,2,9H2,1H3. The maximum Gasteiger partial charge on any atom is 0.326 e. The monoisotopic (exact) mass is 454 g/mol. The Morgan fingerprint density at radius 1 is 1.22 bits per heavy atom. The molecule has 3 rings (SSSR count). The lowest BCUT2D eigenvalue weighted by molar-refractivity contribution is -0.143. The molecule has 0 aliphatic heterocycles. The van der Waals surface area contributed by atoms with Gasteiger partial charge in [0.2, 0.25) is 0 Å².